The highest BCUT2D eigenvalue weighted by Gasteiger charge is 2.21. The molecule has 8 heteroatoms. The number of halogens is 1. The summed E-state index contributed by atoms with van der Waals surface area (Å²) in [5, 5.41) is 2.57. The molecule has 1 aromatic carbocycles. The van der Waals surface area contributed by atoms with E-state index in [4.69, 9.17) is 4.74 Å². The Kier molecular flexibility index (Phi) is 6.60. The van der Waals surface area contributed by atoms with Crippen LogP contribution in [0.2, 0.25) is 0 Å². The number of nitrogens with one attached hydrogen (secondary N) is 2. The van der Waals surface area contributed by atoms with Gasteiger partial charge in [-0.3, -0.25) is 4.79 Å². The zero-order valence-electron chi connectivity index (χ0n) is 11.2. The van der Waals surface area contributed by atoms with Crippen molar-refractivity contribution in [2.24, 2.45) is 0 Å². The molecule has 0 saturated carbocycles. The highest BCUT2D eigenvalue weighted by Crippen LogP contribution is 2.14. The second-order valence-electron chi connectivity index (χ2n) is 4.08. The van der Waals surface area contributed by atoms with Gasteiger partial charge in [0, 0.05) is 18.1 Å². The molecule has 1 amide bonds. The van der Waals surface area contributed by atoms with Crippen LogP contribution >= 0.6 is 15.9 Å². The zero-order valence-corrected chi connectivity index (χ0v) is 13.6. The van der Waals surface area contributed by atoms with Crippen molar-refractivity contribution in [3.8, 4) is 0 Å². The topological polar surface area (TPSA) is 84.5 Å². The van der Waals surface area contributed by atoms with E-state index in [2.05, 4.69) is 26.0 Å². The number of benzene rings is 1. The molecule has 2 N–H and O–H groups in total. The second kappa shape index (κ2) is 7.72. The number of hydrogen-bond donors (Lipinski definition) is 2. The van der Waals surface area contributed by atoms with E-state index in [1.165, 1.54) is 26.2 Å². The predicted molar refractivity (Wildman–Crippen MR) is 78.8 cm³/mol. The van der Waals surface area contributed by atoms with Gasteiger partial charge in [-0.15, -0.1) is 0 Å². The average Bonchev–Trinajstić information content (AvgIpc) is 2.38. The average molecular weight is 365 g/mol. The maximum atomic E-state index is 12.1. The fraction of sp³-hybridized carbons (Fsp3) is 0.417. The Morgan fingerprint density at radius 3 is 2.50 bits per heavy atom. The van der Waals surface area contributed by atoms with Gasteiger partial charge >= 0.3 is 0 Å². The van der Waals surface area contributed by atoms with Crippen molar-refractivity contribution >= 4 is 31.9 Å². The summed E-state index contributed by atoms with van der Waals surface area (Å²) in [7, 11) is -2.20. The van der Waals surface area contributed by atoms with Crippen molar-refractivity contribution < 1.29 is 17.9 Å². The first-order valence-electron chi connectivity index (χ1n) is 5.91. The summed E-state index contributed by atoms with van der Waals surface area (Å²) in [5.41, 5.74) is 0. The Labute approximate surface area is 127 Å². The van der Waals surface area contributed by atoms with Gasteiger partial charge < -0.3 is 10.1 Å². The Hall–Kier alpha value is -0.960. The molecule has 0 saturated heterocycles. The largest absolute Gasteiger partial charge is 0.383 e. The minimum absolute atomic E-state index is 0.109. The third-order valence-corrected chi connectivity index (χ3v) is 4.54. The lowest BCUT2D eigenvalue weighted by atomic mass is 10.3. The van der Waals surface area contributed by atoms with Crippen LogP contribution in [-0.4, -0.2) is 40.6 Å². The van der Waals surface area contributed by atoms with Gasteiger partial charge in [0.1, 0.15) is 0 Å². The molecule has 0 aliphatic rings. The van der Waals surface area contributed by atoms with E-state index in [0.717, 1.165) is 4.47 Å². The number of amides is 1. The number of methoxy groups -OCH3 is 1. The van der Waals surface area contributed by atoms with Gasteiger partial charge in [0.15, 0.2) is 0 Å². The summed E-state index contributed by atoms with van der Waals surface area (Å²) in [6.07, 6.45) is 0. The van der Waals surface area contributed by atoms with E-state index in [9.17, 15) is 13.2 Å². The van der Waals surface area contributed by atoms with E-state index >= 15 is 0 Å². The molecule has 20 heavy (non-hydrogen) atoms. The van der Waals surface area contributed by atoms with Crippen LogP contribution in [0.15, 0.2) is 33.6 Å². The van der Waals surface area contributed by atoms with Crippen LogP contribution < -0.4 is 10.0 Å². The summed E-state index contributed by atoms with van der Waals surface area (Å²) in [6.45, 7) is 2.19. The van der Waals surface area contributed by atoms with Crippen LogP contribution in [0.5, 0.6) is 0 Å². The minimum atomic E-state index is -3.71. The monoisotopic (exact) mass is 364 g/mol. The maximum Gasteiger partial charge on any atom is 0.241 e. The minimum Gasteiger partial charge on any atom is -0.383 e. The lowest BCUT2D eigenvalue weighted by Crippen LogP contribution is -2.45. The molecule has 0 heterocycles. The standard InChI is InChI=1S/C12H17BrN2O4S/c1-9(12(16)14-7-8-19-2)15-20(17,18)11-5-3-10(13)4-6-11/h3-6,9,15H,7-8H2,1-2H3,(H,14,16). The lowest BCUT2D eigenvalue weighted by Gasteiger charge is -2.14. The van der Waals surface area contributed by atoms with E-state index < -0.39 is 22.0 Å². The third kappa shape index (κ3) is 5.20. The van der Waals surface area contributed by atoms with Crippen molar-refractivity contribution in [3.63, 3.8) is 0 Å². The van der Waals surface area contributed by atoms with Crippen LogP contribution in [-0.2, 0) is 19.6 Å². The molecular weight excluding hydrogens is 348 g/mol. The van der Waals surface area contributed by atoms with Crippen molar-refractivity contribution in [1.82, 2.24) is 10.0 Å². The van der Waals surface area contributed by atoms with Crippen molar-refractivity contribution in [3.05, 3.63) is 28.7 Å². The van der Waals surface area contributed by atoms with Gasteiger partial charge in [-0.2, -0.15) is 4.72 Å². The Balaban J connectivity index is 2.66. The first kappa shape index (κ1) is 17.1. The van der Waals surface area contributed by atoms with Gasteiger partial charge in [0.05, 0.1) is 17.5 Å². The van der Waals surface area contributed by atoms with Gasteiger partial charge in [-0.25, -0.2) is 8.42 Å². The quantitative estimate of drug-likeness (QED) is 0.703. The smallest absolute Gasteiger partial charge is 0.241 e. The molecular formula is C12H17BrN2O4S. The molecule has 1 aromatic rings. The van der Waals surface area contributed by atoms with Crippen LogP contribution in [0.3, 0.4) is 0 Å². The van der Waals surface area contributed by atoms with Crippen molar-refractivity contribution in [1.29, 1.82) is 0 Å². The number of ether oxygens (including phenoxy) is 1. The number of hydrogen-bond acceptors (Lipinski definition) is 4. The third-order valence-electron chi connectivity index (χ3n) is 2.45. The molecule has 0 aliphatic heterocycles. The highest BCUT2D eigenvalue weighted by molar-refractivity contribution is 9.10. The summed E-state index contributed by atoms with van der Waals surface area (Å²) >= 11 is 3.23. The van der Waals surface area contributed by atoms with E-state index in [1.54, 1.807) is 12.1 Å². The first-order valence-corrected chi connectivity index (χ1v) is 8.19. The van der Waals surface area contributed by atoms with E-state index in [0.29, 0.717) is 13.2 Å². The Morgan fingerprint density at radius 2 is 1.95 bits per heavy atom. The number of carbonyl (C=O) groups is 1. The van der Waals surface area contributed by atoms with Crippen molar-refractivity contribution in [2.45, 2.75) is 17.9 Å². The van der Waals surface area contributed by atoms with Crippen LogP contribution in [0, 0.1) is 0 Å². The van der Waals surface area contributed by atoms with Gasteiger partial charge in [0.2, 0.25) is 15.9 Å². The van der Waals surface area contributed by atoms with Crippen LogP contribution in [0.1, 0.15) is 6.92 Å². The lowest BCUT2D eigenvalue weighted by molar-refractivity contribution is -0.122. The molecule has 0 bridgehead atoms. The summed E-state index contributed by atoms with van der Waals surface area (Å²) in [6, 6.07) is 5.31. The summed E-state index contributed by atoms with van der Waals surface area (Å²) in [5.74, 6) is -0.400. The molecule has 1 unspecified atom stereocenters. The van der Waals surface area contributed by atoms with Crippen LogP contribution in [0.25, 0.3) is 0 Å². The predicted octanol–water partition coefficient (Wildman–Crippen LogP) is 0.878. The molecule has 0 aromatic heterocycles. The fourth-order valence-electron chi connectivity index (χ4n) is 1.40. The Bertz CT molecular complexity index is 545. The fourth-order valence-corrected chi connectivity index (χ4v) is 2.86. The molecule has 1 atom stereocenters. The maximum absolute atomic E-state index is 12.1. The molecule has 1 rings (SSSR count). The second-order valence-corrected chi connectivity index (χ2v) is 6.71. The summed E-state index contributed by atoms with van der Waals surface area (Å²) < 4.78 is 32.0. The number of rotatable bonds is 7. The number of sulfonamides is 1. The van der Waals surface area contributed by atoms with E-state index in [1.807, 2.05) is 0 Å². The molecule has 0 aliphatic carbocycles. The number of carbonyl (C=O) groups excluding carboxylic acids is 1. The molecule has 0 radical (unpaired) electrons. The van der Waals surface area contributed by atoms with Gasteiger partial charge in [0.25, 0.3) is 0 Å². The highest BCUT2D eigenvalue weighted by atomic mass is 79.9. The normalized spacial score (nSPS) is 12.9. The van der Waals surface area contributed by atoms with Gasteiger partial charge in [-0.1, -0.05) is 15.9 Å². The Morgan fingerprint density at radius 1 is 1.35 bits per heavy atom. The SMILES string of the molecule is COCCNC(=O)C(C)NS(=O)(=O)c1ccc(Br)cc1. The molecule has 6 nitrogen and oxygen atoms in total. The van der Waals surface area contributed by atoms with Gasteiger partial charge in [-0.05, 0) is 31.2 Å². The molecule has 0 spiro atoms. The van der Waals surface area contributed by atoms with E-state index in [-0.39, 0.29) is 4.90 Å². The first-order chi connectivity index (χ1) is 9.36. The van der Waals surface area contributed by atoms with Crippen molar-refractivity contribution in [2.75, 3.05) is 20.3 Å². The summed E-state index contributed by atoms with van der Waals surface area (Å²) in [4.78, 5) is 11.8. The zero-order chi connectivity index (χ0) is 15.2. The molecule has 0 fully saturated rings. The van der Waals surface area contributed by atoms with Crippen LogP contribution in [0.4, 0.5) is 0 Å². The molecule has 112 valence electrons.